The minimum absolute atomic E-state index is 0.149. The number of nitrogen functional groups attached to an aromatic ring is 1. The number of thiazole rings is 1. The standard InChI is InChI=1S/C20H17BrN6OS2/c1-12-3-2-4-14(9-12)18-25-26-20(27(18)22)30-11-17(28)24-19-23-16(10-29-19)13-5-7-15(21)8-6-13/h2-10H,11,22H2,1H3,(H,23,24,28). The Morgan fingerprint density at radius 1 is 1.20 bits per heavy atom. The maximum absolute atomic E-state index is 12.3. The number of nitrogens with one attached hydrogen (secondary N) is 1. The van der Waals surface area contributed by atoms with E-state index in [2.05, 4.69) is 36.4 Å². The second-order valence-corrected chi connectivity index (χ2v) is 9.14. The number of aromatic nitrogens is 4. The molecule has 0 atom stereocenters. The van der Waals surface area contributed by atoms with Gasteiger partial charge in [-0.15, -0.1) is 21.5 Å². The van der Waals surface area contributed by atoms with E-state index in [1.165, 1.54) is 27.8 Å². The zero-order chi connectivity index (χ0) is 21.1. The van der Waals surface area contributed by atoms with Crippen molar-refractivity contribution in [3.63, 3.8) is 0 Å². The first-order valence-electron chi connectivity index (χ1n) is 8.91. The van der Waals surface area contributed by atoms with Crippen molar-refractivity contribution in [1.29, 1.82) is 0 Å². The Labute approximate surface area is 189 Å². The smallest absolute Gasteiger partial charge is 0.236 e. The first kappa shape index (κ1) is 20.6. The second kappa shape index (κ2) is 8.99. The van der Waals surface area contributed by atoms with Crippen LogP contribution in [0.2, 0.25) is 0 Å². The van der Waals surface area contributed by atoms with E-state index in [-0.39, 0.29) is 11.7 Å². The fourth-order valence-corrected chi connectivity index (χ4v) is 4.38. The van der Waals surface area contributed by atoms with Crippen LogP contribution in [-0.4, -0.2) is 31.5 Å². The predicted molar refractivity (Wildman–Crippen MR) is 125 cm³/mol. The molecular formula is C20H17BrN6OS2. The summed E-state index contributed by atoms with van der Waals surface area (Å²) in [4.78, 5) is 16.8. The van der Waals surface area contributed by atoms with Gasteiger partial charge < -0.3 is 11.2 Å². The lowest BCUT2D eigenvalue weighted by Crippen LogP contribution is -2.16. The average molecular weight is 501 g/mol. The number of hydrogen-bond acceptors (Lipinski definition) is 7. The Hall–Kier alpha value is -2.69. The SMILES string of the molecule is Cc1cccc(-c2nnc(SCC(=O)Nc3nc(-c4ccc(Br)cc4)cs3)n2N)c1. The maximum atomic E-state index is 12.3. The number of aryl methyl sites for hydroxylation is 1. The van der Waals surface area contributed by atoms with Crippen molar-refractivity contribution in [2.45, 2.75) is 12.1 Å². The number of thioether (sulfide) groups is 1. The summed E-state index contributed by atoms with van der Waals surface area (Å²) < 4.78 is 2.41. The zero-order valence-electron chi connectivity index (χ0n) is 15.9. The normalized spacial score (nSPS) is 10.9. The van der Waals surface area contributed by atoms with Crippen LogP contribution in [0.25, 0.3) is 22.6 Å². The molecule has 0 saturated carbocycles. The first-order valence-corrected chi connectivity index (χ1v) is 11.6. The number of anilines is 1. The van der Waals surface area contributed by atoms with Crippen LogP contribution >= 0.6 is 39.0 Å². The van der Waals surface area contributed by atoms with E-state index in [0.717, 1.165) is 26.9 Å². The molecule has 1 amide bonds. The molecule has 0 aliphatic rings. The summed E-state index contributed by atoms with van der Waals surface area (Å²) in [7, 11) is 0. The topological polar surface area (TPSA) is 98.7 Å². The molecule has 3 N–H and O–H groups in total. The fraction of sp³-hybridized carbons (Fsp3) is 0.100. The molecule has 0 saturated heterocycles. The molecule has 0 radical (unpaired) electrons. The maximum Gasteiger partial charge on any atom is 0.236 e. The van der Waals surface area contributed by atoms with E-state index in [1.807, 2.05) is 60.8 Å². The highest BCUT2D eigenvalue weighted by atomic mass is 79.9. The Morgan fingerprint density at radius 3 is 2.77 bits per heavy atom. The van der Waals surface area contributed by atoms with Gasteiger partial charge in [0.1, 0.15) is 0 Å². The van der Waals surface area contributed by atoms with Crippen molar-refractivity contribution in [3.8, 4) is 22.6 Å². The van der Waals surface area contributed by atoms with Crippen molar-refractivity contribution >= 4 is 50.1 Å². The van der Waals surface area contributed by atoms with Crippen molar-refractivity contribution in [2.75, 3.05) is 16.9 Å². The third-order valence-corrected chi connectivity index (χ3v) is 6.39. The highest BCUT2D eigenvalue weighted by Crippen LogP contribution is 2.27. The summed E-state index contributed by atoms with van der Waals surface area (Å²) in [5, 5.41) is 14.0. The summed E-state index contributed by atoms with van der Waals surface area (Å²) in [6.07, 6.45) is 0. The van der Waals surface area contributed by atoms with Crippen LogP contribution < -0.4 is 11.2 Å². The number of benzene rings is 2. The van der Waals surface area contributed by atoms with Crippen LogP contribution in [0.15, 0.2) is 63.5 Å². The van der Waals surface area contributed by atoms with Gasteiger partial charge in [0, 0.05) is 21.0 Å². The fourth-order valence-electron chi connectivity index (χ4n) is 2.73. The van der Waals surface area contributed by atoms with E-state index in [1.54, 1.807) is 0 Å². The lowest BCUT2D eigenvalue weighted by molar-refractivity contribution is -0.113. The highest BCUT2D eigenvalue weighted by molar-refractivity contribution is 9.10. The molecule has 0 bridgehead atoms. The van der Waals surface area contributed by atoms with Gasteiger partial charge in [0.2, 0.25) is 11.1 Å². The highest BCUT2D eigenvalue weighted by Gasteiger charge is 2.15. The number of halogens is 1. The molecule has 2 heterocycles. The van der Waals surface area contributed by atoms with Gasteiger partial charge >= 0.3 is 0 Å². The van der Waals surface area contributed by atoms with Gasteiger partial charge in [-0.1, -0.05) is 63.6 Å². The summed E-state index contributed by atoms with van der Waals surface area (Å²) >= 11 is 6.02. The van der Waals surface area contributed by atoms with Gasteiger partial charge in [-0.25, -0.2) is 9.66 Å². The van der Waals surface area contributed by atoms with Crippen LogP contribution in [0.1, 0.15) is 5.56 Å². The molecule has 0 aliphatic heterocycles. The molecule has 4 aromatic rings. The van der Waals surface area contributed by atoms with Gasteiger partial charge in [-0.05, 0) is 25.1 Å². The number of nitrogens with zero attached hydrogens (tertiary/aromatic N) is 4. The van der Waals surface area contributed by atoms with E-state index >= 15 is 0 Å². The second-order valence-electron chi connectivity index (χ2n) is 6.43. The number of carbonyl (C=O) groups is 1. The van der Waals surface area contributed by atoms with Crippen LogP contribution in [-0.2, 0) is 4.79 Å². The number of amides is 1. The molecule has 152 valence electrons. The number of rotatable bonds is 6. The van der Waals surface area contributed by atoms with Crippen molar-refractivity contribution in [1.82, 2.24) is 19.9 Å². The Bertz CT molecular complexity index is 1190. The third kappa shape index (κ3) is 4.72. The van der Waals surface area contributed by atoms with Crippen LogP contribution in [0.5, 0.6) is 0 Å². The molecule has 0 unspecified atom stereocenters. The first-order chi connectivity index (χ1) is 14.5. The molecular weight excluding hydrogens is 484 g/mol. The van der Waals surface area contributed by atoms with E-state index in [9.17, 15) is 4.79 Å². The molecule has 2 aromatic heterocycles. The van der Waals surface area contributed by atoms with E-state index < -0.39 is 0 Å². The number of nitrogens with two attached hydrogens (primary N) is 1. The lowest BCUT2D eigenvalue weighted by Gasteiger charge is -2.04. The van der Waals surface area contributed by atoms with E-state index in [4.69, 9.17) is 5.84 Å². The lowest BCUT2D eigenvalue weighted by atomic mass is 10.1. The van der Waals surface area contributed by atoms with Crippen molar-refractivity contribution < 1.29 is 4.79 Å². The summed E-state index contributed by atoms with van der Waals surface area (Å²) in [5.41, 5.74) is 3.80. The van der Waals surface area contributed by atoms with Crippen molar-refractivity contribution in [2.24, 2.45) is 0 Å². The van der Waals surface area contributed by atoms with Crippen LogP contribution in [0.3, 0.4) is 0 Å². The summed E-state index contributed by atoms with van der Waals surface area (Å²) in [6.45, 7) is 2.00. The molecule has 30 heavy (non-hydrogen) atoms. The zero-order valence-corrected chi connectivity index (χ0v) is 19.1. The molecule has 0 spiro atoms. The number of carbonyl (C=O) groups excluding carboxylic acids is 1. The largest absolute Gasteiger partial charge is 0.335 e. The minimum Gasteiger partial charge on any atom is -0.335 e. The van der Waals surface area contributed by atoms with Crippen molar-refractivity contribution in [3.05, 3.63) is 63.9 Å². The monoisotopic (exact) mass is 500 g/mol. The quantitative estimate of drug-likeness (QED) is 0.296. The van der Waals surface area contributed by atoms with E-state index in [0.29, 0.717) is 16.1 Å². The third-order valence-electron chi connectivity index (χ3n) is 4.16. The number of hydrogen-bond donors (Lipinski definition) is 2. The molecule has 10 heteroatoms. The molecule has 0 aliphatic carbocycles. The van der Waals surface area contributed by atoms with Gasteiger partial charge in [-0.3, -0.25) is 4.79 Å². The molecule has 2 aromatic carbocycles. The Kier molecular flexibility index (Phi) is 6.16. The summed E-state index contributed by atoms with van der Waals surface area (Å²) in [5.74, 6) is 6.65. The average Bonchev–Trinajstić information content (AvgIpc) is 3.34. The van der Waals surface area contributed by atoms with Gasteiger partial charge in [-0.2, -0.15) is 0 Å². The van der Waals surface area contributed by atoms with Gasteiger partial charge in [0.15, 0.2) is 11.0 Å². The Balaban J connectivity index is 1.37. The van der Waals surface area contributed by atoms with Crippen LogP contribution in [0, 0.1) is 6.92 Å². The predicted octanol–water partition coefficient (Wildman–Crippen LogP) is 4.58. The Morgan fingerprint density at radius 2 is 2.00 bits per heavy atom. The molecule has 4 rings (SSSR count). The van der Waals surface area contributed by atoms with Gasteiger partial charge in [0.05, 0.1) is 11.4 Å². The summed E-state index contributed by atoms with van der Waals surface area (Å²) in [6, 6.07) is 15.7. The minimum atomic E-state index is -0.184. The molecule has 0 fully saturated rings. The van der Waals surface area contributed by atoms with Crippen LogP contribution in [0.4, 0.5) is 5.13 Å². The van der Waals surface area contributed by atoms with Gasteiger partial charge in [0.25, 0.3) is 0 Å². The molecule has 7 nitrogen and oxygen atoms in total.